The molecule has 0 unspecified atom stereocenters. The minimum atomic E-state index is -3.60. The molecule has 0 N–H and O–H groups in total. The van der Waals surface area contributed by atoms with Gasteiger partial charge in [-0.15, -0.1) is 0 Å². The molecule has 0 spiro atoms. The first kappa shape index (κ1) is 23.8. The van der Waals surface area contributed by atoms with E-state index in [0.717, 1.165) is 17.4 Å². The van der Waals surface area contributed by atoms with Crippen LogP contribution in [0.5, 0.6) is 0 Å². The third kappa shape index (κ3) is 5.30. The van der Waals surface area contributed by atoms with Crippen molar-refractivity contribution in [1.29, 1.82) is 5.26 Å². The van der Waals surface area contributed by atoms with Crippen LogP contribution in [0.3, 0.4) is 0 Å². The molecular weight excluding hydrogens is 448 g/mol. The number of hydrogen-bond acceptors (Lipinski definition) is 7. The first-order valence-corrected chi connectivity index (χ1v) is 12.6. The molecule has 0 radical (unpaired) electrons. The first-order chi connectivity index (χ1) is 15.4. The van der Waals surface area contributed by atoms with Crippen LogP contribution in [0, 0.1) is 11.3 Å². The molecule has 0 saturated carbocycles. The number of para-hydroxylation sites is 1. The van der Waals surface area contributed by atoms with Crippen molar-refractivity contribution < 1.29 is 17.6 Å². The van der Waals surface area contributed by atoms with Gasteiger partial charge in [-0.05, 0) is 30.3 Å². The van der Waals surface area contributed by atoms with Gasteiger partial charge in [0.05, 0.1) is 23.1 Å². The van der Waals surface area contributed by atoms with Crippen LogP contribution in [0.1, 0.15) is 20.3 Å². The van der Waals surface area contributed by atoms with Crippen LogP contribution in [0.25, 0.3) is 11.1 Å². The minimum Gasteiger partial charge on any atom is -0.431 e. The SMILES string of the molecule is CCN(CC)S(=O)(=O)c1ccc2oc(SCC(=O)N(CCC#N)c3ccccc3)nc2c1. The highest BCUT2D eigenvalue weighted by Gasteiger charge is 2.23. The van der Waals surface area contributed by atoms with E-state index in [1.54, 1.807) is 24.8 Å². The number of carbonyl (C=O) groups excluding carboxylic acids is 1. The summed E-state index contributed by atoms with van der Waals surface area (Å²) in [4.78, 5) is 18.9. The fraction of sp³-hybridized carbons (Fsp3) is 0.318. The molecule has 1 heterocycles. The number of oxazole rings is 1. The second-order valence-electron chi connectivity index (χ2n) is 6.78. The van der Waals surface area contributed by atoms with Gasteiger partial charge in [0.25, 0.3) is 5.22 Å². The van der Waals surface area contributed by atoms with E-state index in [-0.39, 0.29) is 28.2 Å². The fourth-order valence-corrected chi connectivity index (χ4v) is 5.38. The van der Waals surface area contributed by atoms with Gasteiger partial charge >= 0.3 is 0 Å². The molecule has 2 aromatic carbocycles. The van der Waals surface area contributed by atoms with E-state index in [0.29, 0.717) is 30.7 Å². The molecule has 0 aliphatic heterocycles. The molecule has 32 heavy (non-hydrogen) atoms. The minimum absolute atomic E-state index is 0.0672. The van der Waals surface area contributed by atoms with Crippen molar-refractivity contribution in [2.45, 2.75) is 30.4 Å². The van der Waals surface area contributed by atoms with Crippen molar-refractivity contribution in [3.05, 3.63) is 48.5 Å². The number of carbonyl (C=O) groups is 1. The Kier molecular flexibility index (Phi) is 7.90. The van der Waals surface area contributed by atoms with Crippen molar-refractivity contribution in [2.75, 3.05) is 30.3 Å². The lowest BCUT2D eigenvalue weighted by atomic mass is 10.2. The second kappa shape index (κ2) is 10.6. The molecule has 0 aliphatic rings. The molecule has 10 heteroatoms. The van der Waals surface area contributed by atoms with Crippen molar-refractivity contribution in [2.24, 2.45) is 0 Å². The van der Waals surface area contributed by atoms with Crippen LogP contribution in [-0.2, 0) is 14.8 Å². The summed E-state index contributed by atoms with van der Waals surface area (Å²) >= 11 is 1.13. The molecule has 8 nitrogen and oxygen atoms in total. The Morgan fingerprint density at radius 3 is 2.53 bits per heavy atom. The monoisotopic (exact) mass is 472 g/mol. The molecule has 3 rings (SSSR count). The summed E-state index contributed by atoms with van der Waals surface area (Å²) in [6, 6.07) is 15.8. The van der Waals surface area contributed by atoms with Crippen molar-refractivity contribution >= 4 is 44.5 Å². The van der Waals surface area contributed by atoms with Gasteiger partial charge in [0.1, 0.15) is 5.52 Å². The number of nitrogens with zero attached hydrogens (tertiary/aromatic N) is 4. The molecule has 1 aromatic heterocycles. The standard InChI is InChI=1S/C22H24N4O4S2/c1-3-25(4-2)32(28,29)18-11-12-20-19(15-18)24-22(30-20)31-16-21(27)26(14-8-13-23)17-9-6-5-7-10-17/h5-7,9-12,15H,3-4,8,14,16H2,1-2H3. The molecule has 1 amide bonds. The van der Waals surface area contributed by atoms with Gasteiger partial charge in [0, 0.05) is 25.3 Å². The van der Waals surface area contributed by atoms with E-state index >= 15 is 0 Å². The number of fused-ring (bicyclic) bond motifs is 1. The smallest absolute Gasteiger partial charge is 0.257 e. The van der Waals surface area contributed by atoms with E-state index in [1.807, 2.05) is 30.3 Å². The van der Waals surface area contributed by atoms with Gasteiger partial charge in [-0.1, -0.05) is 43.8 Å². The Labute approximate surface area is 191 Å². The first-order valence-electron chi connectivity index (χ1n) is 10.2. The van der Waals surface area contributed by atoms with E-state index < -0.39 is 10.0 Å². The number of anilines is 1. The Hall–Kier alpha value is -2.87. The van der Waals surface area contributed by atoms with Crippen molar-refractivity contribution in [1.82, 2.24) is 9.29 Å². The molecule has 0 aliphatic carbocycles. The average Bonchev–Trinajstić information content (AvgIpc) is 3.21. The van der Waals surface area contributed by atoms with Gasteiger partial charge in [-0.25, -0.2) is 13.4 Å². The van der Waals surface area contributed by atoms with Crippen LogP contribution in [-0.4, -0.2) is 49.0 Å². The Bertz CT molecular complexity index is 1220. The lowest BCUT2D eigenvalue weighted by Crippen LogP contribution is -2.33. The van der Waals surface area contributed by atoms with Crippen LogP contribution in [0.2, 0.25) is 0 Å². The molecule has 0 atom stereocenters. The van der Waals surface area contributed by atoms with Crippen molar-refractivity contribution in [3.63, 3.8) is 0 Å². The van der Waals surface area contributed by atoms with Crippen LogP contribution in [0.4, 0.5) is 5.69 Å². The molecule has 0 bridgehead atoms. The molecule has 0 saturated heterocycles. The molecular formula is C22H24N4O4S2. The normalized spacial score (nSPS) is 11.6. The number of amides is 1. The number of aromatic nitrogens is 1. The highest BCUT2D eigenvalue weighted by molar-refractivity contribution is 7.99. The summed E-state index contributed by atoms with van der Waals surface area (Å²) in [5.74, 6) is -0.110. The highest BCUT2D eigenvalue weighted by Crippen LogP contribution is 2.27. The van der Waals surface area contributed by atoms with Gasteiger partial charge in [0.2, 0.25) is 15.9 Å². The van der Waals surface area contributed by atoms with Crippen LogP contribution < -0.4 is 4.90 Å². The Balaban J connectivity index is 1.76. The van der Waals surface area contributed by atoms with Gasteiger partial charge < -0.3 is 9.32 Å². The second-order valence-corrected chi connectivity index (χ2v) is 9.64. The summed E-state index contributed by atoms with van der Waals surface area (Å²) in [6.45, 7) is 4.62. The fourth-order valence-electron chi connectivity index (χ4n) is 3.19. The topological polar surface area (TPSA) is 108 Å². The largest absolute Gasteiger partial charge is 0.431 e. The van der Waals surface area contributed by atoms with Gasteiger partial charge in [-0.3, -0.25) is 4.79 Å². The number of sulfonamides is 1. The third-order valence-corrected chi connectivity index (χ3v) is 7.68. The van der Waals surface area contributed by atoms with E-state index in [1.165, 1.54) is 16.4 Å². The molecule has 0 fully saturated rings. The summed E-state index contributed by atoms with van der Waals surface area (Å²) in [5.41, 5.74) is 1.58. The Morgan fingerprint density at radius 2 is 1.88 bits per heavy atom. The summed E-state index contributed by atoms with van der Waals surface area (Å²) in [5, 5.41) is 9.19. The van der Waals surface area contributed by atoms with E-state index in [4.69, 9.17) is 9.68 Å². The number of thioether (sulfide) groups is 1. The number of rotatable bonds is 10. The highest BCUT2D eigenvalue weighted by atomic mass is 32.2. The zero-order valence-corrected chi connectivity index (χ0v) is 19.5. The Morgan fingerprint density at radius 1 is 1.16 bits per heavy atom. The van der Waals surface area contributed by atoms with Crippen LogP contribution in [0.15, 0.2) is 63.1 Å². The van der Waals surface area contributed by atoms with Crippen LogP contribution >= 0.6 is 11.8 Å². The number of nitriles is 1. The predicted octanol–water partition coefficient (Wildman–Crippen LogP) is 3.90. The summed E-state index contributed by atoms with van der Waals surface area (Å²) < 4.78 is 32.6. The van der Waals surface area contributed by atoms with E-state index in [9.17, 15) is 13.2 Å². The predicted molar refractivity (Wildman–Crippen MR) is 124 cm³/mol. The van der Waals surface area contributed by atoms with E-state index in [2.05, 4.69) is 11.1 Å². The lowest BCUT2D eigenvalue weighted by molar-refractivity contribution is -0.116. The van der Waals surface area contributed by atoms with Crippen molar-refractivity contribution in [3.8, 4) is 6.07 Å². The molecule has 168 valence electrons. The zero-order chi connectivity index (χ0) is 23.1. The summed E-state index contributed by atoms with van der Waals surface area (Å²) in [6.07, 6.45) is 0.220. The average molecular weight is 473 g/mol. The number of hydrogen-bond donors (Lipinski definition) is 0. The maximum absolute atomic E-state index is 12.8. The zero-order valence-electron chi connectivity index (χ0n) is 17.9. The maximum atomic E-state index is 12.8. The van der Waals surface area contributed by atoms with Gasteiger partial charge in [-0.2, -0.15) is 9.57 Å². The lowest BCUT2D eigenvalue weighted by Gasteiger charge is -2.21. The number of benzene rings is 2. The quantitative estimate of drug-likeness (QED) is 0.412. The maximum Gasteiger partial charge on any atom is 0.257 e. The summed E-state index contributed by atoms with van der Waals surface area (Å²) in [7, 11) is -3.60. The molecule has 3 aromatic rings. The third-order valence-electron chi connectivity index (χ3n) is 4.82. The van der Waals surface area contributed by atoms with Gasteiger partial charge in [0.15, 0.2) is 5.58 Å².